The lowest BCUT2D eigenvalue weighted by atomic mass is 10.2. The molecule has 0 aliphatic heterocycles. The molecule has 2 amide bonds. The Hall–Kier alpha value is -3.16. The van der Waals surface area contributed by atoms with Crippen LogP contribution in [0.5, 0.6) is 11.5 Å². The van der Waals surface area contributed by atoms with Crippen molar-refractivity contribution in [2.75, 3.05) is 11.9 Å². The molecule has 2 aromatic rings. The molecular weight excluding hydrogens is 322 g/mol. The molecule has 8 heteroatoms. The SMILES string of the molecule is NC(=O)c1ccc(OCC(=O)Nc2ccccc2OC(F)F)cc1. The van der Waals surface area contributed by atoms with Gasteiger partial charge in [0.2, 0.25) is 5.91 Å². The van der Waals surface area contributed by atoms with Gasteiger partial charge in [0.1, 0.15) is 11.5 Å². The molecule has 24 heavy (non-hydrogen) atoms. The number of nitrogens with one attached hydrogen (secondary N) is 1. The van der Waals surface area contributed by atoms with Crippen molar-refractivity contribution < 1.29 is 27.8 Å². The lowest BCUT2D eigenvalue weighted by molar-refractivity contribution is -0.118. The summed E-state index contributed by atoms with van der Waals surface area (Å²) in [6, 6.07) is 11.7. The molecule has 0 saturated carbocycles. The van der Waals surface area contributed by atoms with Crippen LogP contribution < -0.4 is 20.5 Å². The van der Waals surface area contributed by atoms with Crippen LogP contribution in [0, 0.1) is 0 Å². The number of primary amides is 1. The first kappa shape index (κ1) is 17.2. The smallest absolute Gasteiger partial charge is 0.387 e. The summed E-state index contributed by atoms with van der Waals surface area (Å²) in [5, 5.41) is 2.42. The number of nitrogens with two attached hydrogens (primary N) is 1. The zero-order chi connectivity index (χ0) is 17.5. The van der Waals surface area contributed by atoms with Gasteiger partial charge in [0.05, 0.1) is 5.69 Å². The van der Waals surface area contributed by atoms with Crippen molar-refractivity contribution in [2.24, 2.45) is 5.73 Å². The van der Waals surface area contributed by atoms with Gasteiger partial charge in [-0.1, -0.05) is 12.1 Å². The topological polar surface area (TPSA) is 90.7 Å². The van der Waals surface area contributed by atoms with E-state index in [4.69, 9.17) is 10.5 Å². The molecule has 0 atom stereocenters. The second kappa shape index (κ2) is 7.91. The minimum absolute atomic E-state index is 0.107. The van der Waals surface area contributed by atoms with Gasteiger partial charge in [-0.15, -0.1) is 0 Å². The monoisotopic (exact) mass is 336 g/mol. The first-order valence-electron chi connectivity index (χ1n) is 6.82. The highest BCUT2D eigenvalue weighted by Crippen LogP contribution is 2.25. The van der Waals surface area contributed by atoms with Crippen LogP contribution in [-0.4, -0.2) is 25.0 Å². The molecule has 6 nitrogen and oxygen atoms in total. The third-order valence-corrected chi connectivity index (χ3v) is 2.89. The zero-order valence-electron chi connectivity index (χ0n) is 12.4. The van der Waals surface area contributed by atoms with Crippen LogP contribution in [0.1, 0.15) is 10.4 Å². The number of benzene rings is 2. The molecule has 0 unspecified atom stereocenters. The summed E-state index contributed by atoms with van der Waals surface area (Å²) in [5.41, 5.74) is 5.53. The van der Waals surface area contributed by atoms with E-state index in [0.29, 0.717) is 11.3 Å². The molecular formula is C16H14F2N2O4. The number of alkyl halides is 2. The molecule has 0 bridgehead atoms. The highest BCUT2D eigenvalue weighted by Gasteiger charge is 2.12. The second-order valence-corrected chi connectivity index (χ2v) is 4.60. The van der Waals surface area contributed by atoms with E-state index < -0.39 is 18.4 Å². The van der Waals surface area contributed by atoms with Crippen molar-refractivity contribution in [1.29, 1.82) is 0 Å². The number of hydrogen-bond acceptors (Lipinski definition) is 4. The van der Waals surface area contributed by atoms with E-state index in [1.165, 1.54) is 42.5 Å². The van der Waals surface area contributed by atoms with Crippen LogP contribution in [0.15, 0.2) is 48.5 Å². The summed E-state index contributed by atoms with van der Waals surface area (Å²) in [5.74, 6) is -0.923. The third-order valence-electron chi connectivity index (χ3n) is 2.89. The summed E-state index contributed by atoms with van der Waals surface area (Å²) >= 11 is 0. The molecule has 0 spiro atoms. The van der Waals surface area contributed by atoms with E-state index in [0.717, 1.165) is 0 Å². The van der Waals surface area contributed by atoms with Crippen LogP contribution in [-0.2, 0) is 4.79 Å². The van der Waals surface area contributed by atoms with Crippen molar-refractivity contribution in [2.45, 2.75) is 6.61 Å². The van der Waals surface area contributed by atoms with E-state index in [2.05, 4.69) is 10.1 Å². The number of carbonyl (C=O) groups excluding carboxylic acids is 2. The minimum Gasteiger partial charge on any atom is -0.484 e. The van der Waals surface area contributed by atoms with Crippen molar-refractivity contribution in [3.05, 3.63) is 54.1 Å². The lowest BCUT2D eigenvalue weighted by Crippen LogP contribution is -2.21. The first-order valence-corrected chi connectivity index (χ1v) is 6.82. The largest absolute Gasteiger partial charge is 0.484 e. The van der Waals surface area contributed by atoms with E-state index in [1.54, 1.807) is 6.07 Å². The molecule has 0 aliphatic carbocycles. The number of amides is 2. The molecule has 126 valence electrons. The Morgan fingerprint density at radius 1 is 1.08 bits per heavy atom. The van der Waals surface area contributed by atoms with Crippen molar-refractivity contribution in [1.82, 2.24) is 0 Å². The molecule has 0 radical (unpaired) electrons. The lowest BCUT2D eigenvalue weighted by Gasteiger charge is -2.12. The molecule has 0 heterocycles. The van der Waals surface area contributed by atoms with Gasteiger partial charge in [-0.2, -0.15) is 8.78 Å². The normalized spacial score (nSPS) is 10.3. The number of anilines is 1. The van der Waals surface area contributed by atoms with Gasteiger partial charge in [-0.25, -0.2) is 0 Å². The van der Waals surface area contributed by atoms with E-state index in [9.17, 15) is 18.4 Å². The molecule has 0 fully saturated rings. The fourth-order valence-corrected chi connectivity index (χ4v) is 1.82. The third kappa shape index (κ3) is 4.94. The average Bonchev–Trinajstić information content (AvgIpc) is 2.54. The van der Waals surface area contributed by atoms with E-state index in [1.807, 2.05) is 0 Å². The summed E-state index contributed by atoms with van der Waals surface area (Å²) in [4.78, 5) is 22.8. The summed E-state index contributed by atoms with van der Waals surface area (Å²) in [6.45, 7) is -3.35. The van der Waals surface area contributed by atoms with Gasteiger partial charge in [0.15, 0.2) is 6.61 Å². The fraction of sp³-hybridized carbons (Fsp3) is 0.125. The molecule has 2 aromatic carbocycles. The predicted octanol–water partition coefficient (Wildman–Crippen LogP) is 2.40. The quantitative estimate of drug-likeness (QED) is 0.812. The van der Waals surface area contributed by atoms with Gasteiger partial charge < -0.3 is 20.5 Å². The Labute approximate surface area is 136 Å². The van der Waals surface area contributed by atoms with Crippen LogP contribution in [0.2, 0.25) is 0 Å². The molecule has 0 aromatic heterocycles. The van der Waals surface area contributed by atoms with Crippen molar-refractivity contribution in [3.63, 3.8) is 0 Å². The number of carbonyl (C=O) groups is 2. The number of hydrogen-bond donors (Lipinski definition) is 2. The summed E-state index contributed by atoms with van der Waals surface area (Å²) in [7, 11) is 0. The fourth-order valence-electron chi connectivity index (χ4n) is 1.82. The van der Waals surface area contributed by atoms with Crippen molar-refractivity contribution in [3.8, 4) is 11.5 Å². The highest BCUT2D eigenvalue weighted by atomic mass is 19.3. The Morgan fingerprint density at radius 2 is 1.75 bits per heavy atom. The Balaban J connectivity index is 1.93. The van der Waals surface area contributed by atoms with E-state index in [-0.39, 0.29) is 18.0 Å². The first-order chi connectivity index (χ1) is 11.5. The number of para-hydroxylation sites is 2. The maximum Gasteiger partial charge on any atom is 0.387 e. The molecule has 2 rings (SSSR count). The Bertz CT molecular complexity index is 720. The van der Waals surface area contributed by atoms with Gasteiger partial charge in [-0.05, 0) is 36.4 Å². The van der Waals surface area contributed by atoms with Gasteiger partial charge in [0.25, 0.3) is 5.91 Å². The van der Waals surface area contributed by atoms with Gasteiger partial charge in [-0.3, -0.25) is 9.59 Å². The number of halogens is 2. The average molecular weight is 336 g/mol. The Morgan fingerprint density at radius 3 is 2.38 bits per heavy atom. The summed E-state index contributed by atoms with van der Waals surface area (Å²) in [6.07, 6.45) is 0. The standard InChI is InChI=1S/C16H14F2N2O4/c17-16(18)24-13-4-2-1-3-12(13)20-14(21)9-23-11-7-5-10(6-8-11)15(19)22/h1-8,16H,9H2,(H2,19,22)(H,20,21). The molecule has 3 N–H and O–H groups in total. The Kier molecular flexibility index (Phi) is 5.67. The van der Waals surface area contributed by atoms with Crippen LogP contribution in [0.3, 0.4) is 0 Å². The highest BCUT2D eigenvalue weighted by molar-refractivity contribution is 5.93. The maximum absolute atomic E-state index is 12.3. The minimum atomic E-state index is -3.00. The predicted molar refractivity (Wildman–Crippen MR) is 82.2 cm³/mol. The van der Waals surface area contributed by atoms with Crippen LogP contribution in [0.25, 0.3) is 0 Å². The molecule has 0 aliphatic rings. The zero-order valence-corrected chi connectivity index (χ0v) is 12.4. The number of rotatable bonds is 7. The second-order valence-electron chi connectivity index (χ2n) is 4.60. The van der Waals surface area contributed by atoms with Gasteiger partial charge >= 0.3 is 6.61 Å². The number of ether oxygens (including phenoxy) is 2. The molecule has 0 saturated heterocycles. The van der Waals surface area contributed by atoms with Crippen molar-refractivity contribution >= 4 is 17.5 Å². The van der Waals surface area contributed by atoms with E-state index >= 15 is 0 Å². The summed E-state index contributed by atoms with van der Waals surface area (Å²) < 4.78 is 34.2. The van der Waals surface area contributed by atoms with Crippen LogP contribution in [0.4, 0.5) is 14.5 Å². The van der Waals surface area contributed by atoms with Crippen LogP contribution >= 0.6 is 0 Å². The maximum atomic E-state index is 12.3. The van der Waals surface area contributed by atoms with Gasteiger partial charge in [0, 0.05) is 5.56 Å².